The van der Waals surface area contributed by atoms with E-state index in [4.69, 9.17) is 11.6 Å². The molecule has 0 aliphatic rings. The Kier molecular flexibility index (Phi) is 4.59. The minimum Gasteiger partial charge on any atom is -0.334 e. The number of benzene rings is 1. The van der Waals surface area contributed by atoms with Crippen LogP contribution in [0.25, 0.3) is 0 Å². The molecule has 0 radical (unpaired) electrons. The quantitative estimate of drug-likeness (QED) is 0.627. The number of carbonyl (C=O) groups is 1. The molecule has 0 N–H and O–H groups in total. The Labute approximate surface area is 130 Å². The molecule has 1 unspecified atom stereocenters. The average Bonchev–Trinajstić information content (AvgIpc) is 2.98. The molecule has 0 aliphatic heterocycles. The molecule has 1 aromatic heterocycles. The second-order valence-corrected chi connectivity index (χ2v) is 5.92. The number of rotatable bonds is 4. The van der Waals surface area contributed by atoms with Gasteiger partial charge in [-0.3, -0.25) is 14.9 Å². The van der Waals surface area contributed by atoms with Crippen molar-refractivity contribution in [2.24, 2.45) is 0 Å². The molecular weight excluding hydrogens is 312 g/mol. The molecule has 1 heterocycles. The van der Waals surface area contributed by atoms with Crippen LogP contribution in [-0.2, 0) is 0 Å². The maximum atomic E-state index is 12.5. The van der Waals surface area contributed by atoms with Gasteiger partial charge >= 0.3 is 0 Å². The van der Waals surface area contributed by atoms with Crippen molar-refractivity contribution in [1.29, 1.82) is 0 Å². The van der Waals surface area contributed by atoms with Crippen LogP contribution in [0, 0.1) is 10.1 Å². The Bertz CT molecular complexity index is 673. The van der Waals surface area contributed by atoms with E-state index in [0.717, 1.165) is 4.88 Å². The van der Waals surface area contributed by atoms with E-state index in [-0.39, 0.29) is 28.2 Å². The smallest absolute Gasteiger partial charge is 0.270 e. The van der Waals surface area contributed by atoms with Crippen LogP contribution in [0.5, 0.6) is 0 Å². The first-order valence-electron chi connectivity index (χ1n) is 6.16. The van der Waals surface area contributed by atoms with Crippen molar-refractivity contribution in [2.45, 2.75) is 13.0 Å². The van der Waals surface area contributed by atoms with Gasteiger partial charge in [-0.25, -0.2) is 0 Å². The summed E-state index contributed by atoms with van der Waals surface area (Å²) in [6.07, 6.45) is 0. The number of thiophene rings is 1. The third-order valence-electron chi connectivity index (χ3n) is 3.25. The van der Waals surface area contributed by atoms with Gasteiger partial charge in [0, 0.05) is 24.1 Å². The van der Waals surface area contributed by atoms with Crippen LogP contribution in [0.15, 0.2) is 35.7 Å². The second kappa shape index (κ2) is 6.24. The molecule has 0 fully saturated rings. The van der Waals surface area contributed by atoms with Crippen LogP contribution < -0.4 is 0 Å². The van der Waals surface area contributed by atoms with E-state index < -0.39 is 4.92 Å². The van der Waals surface area contributed by atoms with E-state index in [2.05, 4.69) is 0 Å². The zero-order chi connectivity index (χ0) is 15.6. The first-order chi connectivity index (χ1) is 9.91. The van der Waals surface area contributed by atoms with Crippen molar-refractivity contribution in [3.63, 3.8) is 0 Å². The summed E-state index contributed by atoms with van der Waals surface area (Å²) in [7, 11) is 1.68. The summed E-state index contributed by atoms with van der Waals surface area (Å²) < 4.78 is 0. The highest BCUT2D eigenvalue weighted by atomic mass is 35.5. The van der Waals surface area contributed by atoms with Crippen molar-refractivity contribution >= 4 is 34.5 Å². The second-order valence-electron chi connectivity index (χ2n) is 4.53. The van der Waals surface area contributed by atoms with Crippen LogP contribution in [0.3, 0.4) is 0 Å². The molecule has 110 valence electrons. The molecule has 1 atom stereocenters. The van der Waals surface area contributed by atoms with Crippen LogP contribution in [0.1, 0.15) is 28.2 Å². The Morgan fingerprint density at radius 1 is 1.43 bits per heavy atom. The summed E-state index contributed by atoms with van der Waals surface area (Å²) in [4.78, 5) is 25.2. The van der Waals surface area contributed by atoms with Crippen LogP contribution in [0.2, 0.25) is 5.02 Å². The van der Waals surface area contributed by atoms with E-state index >= 15 is 0 Å². The maximum absolute atomic E-state index is 12.5. The van der Waals surface area contributed by atoms with Gasteiger partial charge in [-0.05, 0) is 24.4 Å². The van der Waals surface area contributed by atoms with Crippen molar-refractivity contribution in [2.75, 3.05) is 7.05 Å². The third kappa shape index (κ3) is 3.22. The number of nitro groups is 1. The zero-order valence-electron chi connectivity index (χ0n) is 11.4. The number of hydrogen-bond donors (Lipinski definition) is 0. The molecule has 1 aromatic carbocycles. The normalized spacial score (nSPS) is 12.0. The minimum atomic E-state index is -0.544. The third-order valence-corrected chi connectivity index (χ3v) is 4.61. The number of nitro benzene ring substituents is 1. The van der Waals surface area contributed by atoms with Crippen LogP contribution in [0.4, 0.5) is 5.69 Å². The van der Waals surface area contributed by atoms with E-state index in [1.807, 2.05) is 24.4 Å². The van der Waals surface area contributed by atoms with Gasteiger partial charge in [-0.15, -0.1) is 11.3 Å². The monoisotopic (exact) mass is 324 g/mol. The van der Waals surface area contributed by atoms with E-state index in [9.17, 15) is 14.9 Å². The van der Waals surface area contributed by atoms with Gasteiger partial charge in [0.15, 0.2) is 0 Å². The molecule has 0 saturated heterocycles. The topological polar surface area (TPSA) is 63.5 Å². The molecule has 7 heteroatoms. The highest BCUT2D eigenvalue weighted by molar-refractivity contribution is 7.10. The maximum Gasteiger partial charge on any atom is 0.270 e. The molecule has 21 heavy (non-hydrogen) atoms. The van der Waals surface area contributed by atoms with Gasteiger partial charge in [0.2, 0.25) is 0 Å². The average molecular weight is 325 g/mol. The predicted molar refractivity (Wildman–Crippen MR) is 82.9 cm³/mol. The number of nitrogens with zero attached hydrogens (tertiary/aromatic N) is 2. The molecule has 0 spiro atoms. The van der Waals surface area contributed by atoms with Crippen LogP contribution in [-0.4, -0.2) is 22.8 Å². The lowest BCUT2D eigenvalue weighted by Crippen LogP contribution is -2.29. The molecule has 0 saturated carbocycles. The Morgan fingerprint density at radius 3 is 2.67 bits per heavy atom. The Morgan fingerprint density at radius 2 is 2.14 bits per heavy atom. The van der Waals surface area contributed by atoms with Crippen molar-refractivity contribution < 1.29 is 9.72 Å². The van der Waals surface area contributed by atoms with Gasteiger partial charge in [0.25, 0.3) is 11.6 Å². The number of halogens is 1. The first kappa shape index (κ1) is 15.5. The zero-order valence-corrected chi connectivity index (χ0v) is 13.0. The predicted octanol–water partition coefficient (Wildman–Crippen LogP) is 4.14. The van der Waals surface area contributed by atoms with E-state index in [1.54, 1.807) is 23.3 Å². The number of carbonyl (C=O) groups excluding carboxylic acids is 1. The minimum absolute atomic E-state index is 0.0828. The summed E-state index contributed by atoms with van der Waals surface area (Å²) in [5, 5.41) is 12.7. The molecule has 2 aromatic rings. The van der Waals surface area contributed by atoms with Crippen molar-refractivity contribution in [1.82, 2.24) is 4.90 Å². The van der Waals surface area contributed by atoms with Crippen molar-refractivity contribution in [3.05, 3.63) is 61.3 Å². The fourth-order valence-corrected chi connectivity index (χ4v) is 2.96. The van der Waals surface area contributed by atoms with E-state index in [1.165, 1.54) is 18.2 Å². The lowest BCUT2D eigenvalue weighted by molar-refractivity contribution is -0.384. The molecule has 2 rings (SSSR count). The SMILES string of the molecule is CC(c1cccs1)N(C)C(=O)c1ccc([N+](=O)[O-])cc1Cl. The molecule has 0 aliphatic carbocycles. The van der Waals surface area contributed by atoms with Gasteiger partial charge in [-0.2, -0.15) is 0 Å². The lowest BCUT2D eigenvalue weighted by atomic mass is 10.1. The molecule has 0 bridgehead atoms. The standard InChI is InChI=1S/C14H13ClN2O3S/c1-9(13-4-3-7-21-13)16(2)14(18)11-6-5-10(17(19)20)8-12(11)15/h3-9H,1-2H3. The number of non-ortho nitro benzene ring substituents is 1. The highest BCUT2D eigenvalue weighted by Crippen LogP contribution is 2.28. The summed E-state index contributed by atoms with van der Waals surface area (Å²) >= 11 is 7.56. The van der Waals surface area contributed by atoms with Gasteiger partial charge in [0.05, 0.1) is 21.6 Å². The summed E-state index contributed by atoms with van der Waals surface area (Å²) in [6.45, 7) is 1.92. The fraction of sp³-hybridized carbons (Fsp3) is 0.214. The van der Waals surface area contributed by atoms with Crippen molar-refractivity contribution in [3.8, 4) is 0 Å². The molecular formula is C14H13ClN2O3S. The van der Waals surface area contributed by atoms with Gasteiger partial charge in [-0.1, -0.05) is 17.7 Å². The number of amides is 1. The summed E-state index contributed by atoms with van der Waals surface area (Å²) in [5.41, 5.74) is 0.124. The summed E-state index contributed by atoms with van der Waals surface area (Å²) in [5.74, 6) is -0.268. The van der Waals surface area contributed by atoms with Gasteiger partial charge in [0.1, 0.15) is 0 Å². The summed E-state index contributed by atoms with van der Waals surface area (Å²) in [6, 6.07) is 7.65. The first-order valence-corrected chi connectivity index (χ1v) is 7.42. The molecule has 5 nitrogen and oxygen atoms in total. The molecule has 1 amide bonds. The van der Waals surface area contributed by atoms with Gasteiger partial charge < -0.3 is 4.90 Å². The number of hydrogen-bond acceptors (Lipinski definition) is 4. The fourth-order valence-electron chi connectivity index (χ4n) is 1.88. The highest BCUT2D eigenvalue weighted by Gasteiger charge is 2.22. The Balaban J connectivity index is 2.25. The largest absolute Gasteiger partial charge is 0.334 e. The van der Waals surface area contributed by atoms with E-state index in [0.29, 0.717) is 0 Å². The lowest BCUT2D eigenvalue weighted by Gasteiger charge is -2.24. The Hall–Kier alpha value is -1.92. The van der Waals surface area contributed by atoms with Crippen LogP contribution >= 0.6 is 22.9 Å².